The number of rotatable bonds is 7. The molecule has 27 heavy (non-hydrogen) atoms. The van der Waals surface area contributed by atoms with E-state index < -0.39 is 0 Å². The Labute approximate surface area is 156 Å². The van der Waals surface area contributed by atoms with Crippen molar-refractivity contribution in [3.63, 3.8) is 0 Å². The maximum atomic E-state index is 5.55. The highest BCUT2D eigenvalue weighted by molar-refractivity contribution is 5.55. The lowest BCUT2D eigenvalue weighted by Gasteiger charge is -2.21. The summed E-state index contributed by atoms with van der Waals surface area (Å²) in [5.74, 6) is 2.24. The van der Waals surface area contributed by atoms with Gasteiger partial charge in [0, 0.05) is 43.9 Å². The molecule has 1 atom stereocenters. The number of hydrogen-bond acceptors (Lipinski definition) is 9. The molecule has 0 radical (unpaired) electrons. The van der Waals surface area contributed by atoms with Crippen LogP contribution in [0.5, 0.6) is 5.88 Å². The minimum Gasteiger partial charge on any atom is -0.475 e. The van der Waals surface area contributed by atoms with Crippen LogP contribution in [0.4, 0.5) is 5.95 Å². The minimum atomic E-state index is -0.0205. The van der Waals surface area contributed by atoms with Crippen molar-refractivity contribution in [3.8, 4) is 17.3 Å². The maximum Gasteiger partial charge on any atom is 0.249 e. The van der Waals surface area contributed by atoms with Crippen LogP contribution in [0.3, 0.4) is 0 Å². The fourth-order valence-electron chi connectivity index (χ4n) is 3.05. The topological polar surface area (TPSA) is 99.3 Å². The first-order valence-corrected chi connectivity index (χ1v) is 8.80. The molecule has 3 aromatic heterocycles. The third kappa shape index (κ3) is 3.87. The van der Waals surface area contributed by atoms with Gasteiger partial charge in [0.2, 0.25) is 23.5 Å². The van der Waals surface area contributed by atoms with Crippen molar-refractivity contribution in [2.75, 3.05) is 31.8 Å². The Hall–Kier alpha value is -3.07. The molecule has 1 aliphatic heterocycles. The lowest BCUT2D eigenvalue weighted by molar-refractivity contribution is 0.144. The second-order valence-electron chi connectivity index (χ2n) is 6.08. The molecule has 4 rings (SSSR count). The van der Waals surface area contributed by atoms with E-state index in [0.29, 0.717) is 36.8 Å². The molecule has 0 aromatic carbocycles. The van der Waals surface area contributed by atoms with Crippen molar-refractivity contribution in [1.29, 1.82) is 0 Å². The van der Waals surface area contributed by atoms with E-state index in [2.05, 4.69) is 30.0 Å². The zero-order chi connectivity index (χ0) is 18.5. The molecule has 0 aliphatic carbocycles. The summed E-state index contributed by atoms with van der Waals surface area (Å²) in [6.45, 7) is 1.79. The quantitative estimate of drug-likeness (QED) is 0.581. The Kier molecular flexibility index (Phi) is 5.20. The highest BCUT2D eigenvalue weighted by Gasteiger charge is 2.32. The molecule has 0 amide bonds. The number of pyridine rings is 1. The van der Waals surface area contributed by atoms with Crippen LogP contribution in [0, 0.1) is 0 Å². The van der Waals surface area contributed by atoms with Gasteiger partial charge in [-0.1, -0.05) is 5.16 Å². The zero-order valence-electron chi connectivity index (χ0n) is 15.0. The highest BCUT2D eigenvalue weighted by Crippen LogP contribution is 2.34. The molecule has 0 saturated carbocycles. The molecule has 0 bridgehead atoms. The first-order chi connectivity index (χ1) is 13.3. The Balaban J connectivity index is 1.52. The van der Waals surface area contributed by atoms with Gasteiger partial charge >= 0.3 is 0 Å². The predicted molar refractivity (Wildman–Crippen MR) is 96.3 cm³/mol. The molecule has 9 heteroatoms. The second-order valence-corrected chi connectivity index (χ2v) is 6.08. The van der Waals surface area contributed by atoms with E-state index in [1.165, 1.54) is 0 Å². The fourth-order valence-corrected chi connectivity index (χ4v) is 3.05. The Morgan fingerprint density at radius 1 is 1.19 bits per heavy atom. The molecule has 9 nitrogen and oxygen atoms in total. The van der Waals surface area contributed by atoms with Gasteiger partial charge in [0.15, 0.2) is 0 Å². The van der Waals surface area contributed by atoms with Gasteiger partial charge < -0.3 is 18.9 Å². The fraction of sp³-hybridized carbons (Fsp3) is 0.389. The van der Waals surface area contributed by atoms with E-state index in [0.717, 1.165) is 24.9 Å². The zero-order valence-corrected chi connectivity index (χ0v) is 15.0. The van der Waals surface area contributed by atoms with Crippen molar-refractivity contribution in [3.05, 3.63) is 42.7 Å². The predicted octanol–water partition coefficient (Wildman–Crippen LogP) is 2.29. The molecule has 0 unspecified atom stereocenters. The summed E-state index contributed by atoms with van der Waals surface area (Å²) in [5.41, 5.74) is 0.785. The number of aromatic nitrogens is 5. The molecule has 1 fully saturated rings. The lowest BCUT2D eigenvalue weighted by atomic mass is 10.2. The van der Waals surface area contributed by atoms with Crippen LogP contribution in [-0.4, -0.2) is 52.0 Å². The molecule has 1 saturated heterocycles. The molecule has 1 aliphatic rings. The third-order valence-electron chi connectivity index (χ3n) is 4.32. The van der Waals surface area contributed by atoms with Crippen molar-refractivity contribution in [2.45, 2.75) is 18.9 Å². The number of anilines is 1. The van der Waals surface area contributed by atoms with Crippen molar-refractivity contribution < 1.29 is 14.0 Å². The van der Waals surface area contributed by atoms with Gasteiger partial charge in [0.05, 0.1) is 6.61 Å². The first kappa shape index (κ1) is 17.3. The van der Waals surface area contributed by atoms with Crippen LogP contribution >= 0.6 is 0 Å². The summed E-state index contributed by atoms with van der Waals surface area (Å²) >= 11 is 0. The number of hydrogen-bond donors (Lipinski definition) is 0. The van der Waals surface area contributed by atoms with Crippen LogP contribution in [-0.2, 0) is 4.74 Å². The standard InChI is InChI=1S/C18H20N6O3/c1-25-10-11-26-15-12-13(5-8-19-15)16-22-17(27-23-16)14-4-2-9-24(14)18-20-6-3-7-21-18/h3,5-8,12,14H,2,4,9-11H2,1H3/t14-/m1/s1. The van der Waals surface area contributed by atoms with Gasteiger partial charge in [-0.3, -0.25) is 0 Å². The SMILES string of the molecule is COCCOc1cc(-c2noc([C@H]3CCCN3c3ncccn3)n2)ccn1. The molecule has 3 aromatic rings. The van der Waals surface area contributed by atoms with Crippen LogP contribution in [0.25, 0.3) is 11.4 Å². The third-order valence-corrected chi connectivity index (χ3v) is 4.32. The summed E-state index contributed by atoms with van der Waals surface area (Å²) in [6.07, 6.45) is 7.07. The van der Waals surface area contributed by atoms with E-state index in [1.807, 2.05) is 6.07 Å². The Morgan fingerprint density at radius 2 is 2.07 bits per heavy atom. The largest absolute Gasteiger partial charge is 0.475 e. The van der Waals surface area contributed by atoms with Crippen molar-refractivity contribution >= 4 is 5.95 Å². The number of ether oxygens (including phenoxy) is 2. The van der Waals surface area contributed by atoms with E-state index in [-0.39, 0.29) is 6.04 Å². The van der Waals surface area contributed by atoms with Gasteiger partial charge in [-0.15, -0.1) is 0 Å². The molecule has 0 N–H and O–H groups in total. The smallest absolute Gasteiger partial charge is 0.249 e. The Bertz CT molecular complexity index is 872. The van der Waals surface area contributed by atoms with E-state index in [4.69, 9.17) is 14.0 Å². The van der Waals surface area contributed by atoms with Crippen molar-refractivity contribution in [2.24, 2.45) is 0 Å². The van der Waals surface area contributed by atoms with Gasteiger partial charge in [-0.2, -0.15) is 4.98 Å². The lowest BCUT2D eigenvalue weighted by Crippen LogP contribution is -2.24. The van der Waals surface area contributed by atoms with Crippen LogP contribution < -0.4 is 9.64 Å². The average Bonchev–Trinajstić information content (AvgIpc) is 3.39. The van der Waals surface area contributed by atoms with Crippen LogP contribution in [0.1, 0.15) is 24.8 Å². The summed E-state index contributed by atoms with van der Waals surface area (Å²) in [4.78, 5) is 19.6. The summed E-state index contributed by atoms with van der Waals surface area (Å²) < 4.78 is 16.1. The van der Waals surface area contributed by atoms with Gasteiger partial charge in [-0.05, 0) is 25.0 Å². The second kappa shape index (κ2) is 8.09. The molecule has 0 spiro atoms. The maximum absolute atomic E-state index is 5.55. The molecular formula is C18H20N6O3. The van der Waals surface area contributed by atoms with E-state index in [9.17, 15) is 0 Å². The molecular weight excluding hydrogens is 348 g/mol. The van der Waals surface area contributed by atoms with E-state index >= 15 is 0 Å². The minimum absolute atomic E-state index is 0.0205. The summed E-state index contributed by atoms with van der Waals surface area (Å²) in [7, 11) is 1.63. The van der Waals surface area contributed by atoms with Crippen molar-refractivity contribution in [1.82, 2.24) is 25.1 Å². The highest BCUT2D eigenvalue weighted by atomic mass is 16.5. The number of methoxy groups -OCH3 is 1. The normalized spacial score (nSPS) is 16.6. The Morgan fingerprint density at radius 3 is 2.93 bits per heavy atom. The van der Waals surface area contributed by atoms with Crippen LogP contribution in [0.2, 0.25) is 0 Å². The van der Waals surface area contributed by atoms with Gasteiger partial charge in [0.1, 0.15) is 12.6 Å². The summed E-state index contributed by atoms with van der Waals surface area (Å²) in [6, 6.07) is 5.39. The number of nitrogens with zero attached hydrogens (tertiary/aromatic N) is 6. The van der Waals surface area contributed by atoms with Gasteiger partial charge in [-0.25, -0.2) is 15.0 Å². The summed E-state index contributed by atoms with van der Waals surface area (Å²) in [5, 5.41) is 4.14. The van der Waals surface area contributed by atoms with Gasteiger partial charge in [0.25, 0.3) is 0 Å². The molecule has 140 valence electrons. The average molecular weight is 368 g/mol. The van der Waals surface area contributed by atoms with E-state index in [1.54, 1.807) is 37.8 Å². The monoisotopic (exact) mass is 368 g/mol. The first-order valence-electron chi connectivity index (χ1n) is 8.80. The van der Waals surface area contributed by atoms with Crippen LogP contribution in [0.15, 0.2) is 41.3 Å². The molecule has 4 heterocycles.